The van der Waals surface area contributed by atoms with Crippen molar-refractivity contribution in [2.24, 2.45) is 7.05 Å². The Balaban J connectivity index is 2.34. The molecular formula is C14H11Cl2N3. The molecule has 2 N–H and O–H groups in total. The molecule has 0 aliphatic heterocycles. The third kappa shape index (κ3) is 1.95. The van der Waals surface area contributed by atoms with Crippen molar-refractivity contribution in [2.45, 2.75) is 0 Å². The monoisotopic (exact) mass is 291 g/mol. The van der Waals surface area contributed by atoms with Crippen LogP contribution in [0.2, 0.25) is 10.0 Å². The van der Waals surface area contributed by atoms with E-state index >= 15 is 0 Å². The molecule has 1 aromatic heterocycles. The molecule has 0 fully saturated rings. The van der Waals surface area contributed by atoms with Crippen molar-refractivity contribution in [3.05, 3.63) is 46.4 Å². The van der Waals surface area contributed by atoms with Gasteiger partial charge in [0.2, 0.25) is 0 Å². The smallest absolute Gasteiger partial charge is 0.142 e. The van der Waals surface area contributed by atoms with E-state index in [1.807, 2.05) is 35.9 Å². The zero-order valence-corrected chi connectivity index (χ0v) is 11.7. The quantitative estimate of drug-likeness (QED) is 0.685. The van der Waals surface area contributed by atoms with E-state index < -0.39 is 0 Å². The topological polar surface area (TPSA) is 43.8 Å². The first-order valence-electron chi connectivity index (χ1n) is 5.74. The third-order valence-corrected chi connectivity index (χ3v) is 3.71. The molecule has 0 amide bonds. The summed E-state index contributed by atoms with van der Waals surface area (Å²) in [6.45, 7) is 0. The number of aromatic nitrogens is 2. The van der Waals surface area contributed by atoms with Crippen LogP contribution in [0.3, 0.4) is 0 Å². The first-order valence-corrected chi connectivity index (χ1v) is 6.50. The number of rotatable bonds is 1. The molecule has 1 heterocycles. The standard InChI is InChI=1S/C14H11Cl2N3/c1-19-13-11(16)3-2-4-12(13)18-14(19)9-7-8(17)5-6-10(9)15/h2-7H,17H2,1H3. The molecule has 0 saturated heterocycles. The molecule has 0 aliphatic carbocycles. The summed E-state index contributed by atoms with van der Waals surface area (Å²) in [5.41, 5.74) is 8.99. The van der Waals surface area contributed by atoms with Crippen molar-refractivity contribution < 1.29 is 0 Å². The molecule has 3 rings (SSSR count). The molecule has 3 nitrogen and oxygen atoms in total. The number of nitrogens with zero attached hydrogens (tertiary/aromatic N) is 2. The van der Waals surface area contributed by atoms with Gasteiger partial charge in [-0.25, -0.2) is 4.98 Å². The van der Waals surface area contributed by atoms with E-state index in [9.17, 15) is 0 Å². The van der Waals surface area contributed by atoms with E-state index in [-0.39, 0.29) is 0 Å². The largest absolute Gasteiger partial charge is 0.399 e. The number of imidazole rings is 1. The summed E-state index contributed by atoms with van der Waals surface area (Å²) in [6, 6.07) is 11.0. The molecule has 19 heavy (non-hydrogen) atoms. The molecule has 2 aromatic carbocycles. The van der Waals surface area contributed by atoms with Crippen LogP contribution in [-0.2, 0) is 7.05 Å². The van der Waals surface area contributed by atoms with E-state index in [0.717, 1.165) is 22.4 Å². The van der Waals surface area contributed by atoms with Gasteiger partial charge >= 0.3 is 0 Å². The minimum absolute atomic E-state index is 0.615. The lowest BCUT2D eigenvalue weighted by Crippen LogP contribution is -1.95. The number of nitrogens with two attached hydrogens (primary N) is 1. The second-order valence-corrected chi connectivity index (χ2v) is 5.16. The molecule has 0 aliphatic rings. The van der Waals surface area contributed by atoms with Gasteiger partial charge in [-0.15, -0.1) is 0 Å². The summed E-state index contributed by atoms with van der Waals surface area (Å²) in [6.07, 6.45) is 0. The lowest BCUT2D eigenvalue weighted by molar-refractivity contribution is 0.959. The average molecular weight is 292 g/mol. The number of hydrogen-bond acceptors (Lipinski definition) is 2. The van der Waals surface area contributed by atoms with Gasteiger partial charge in [-0.1, -0.05) is 29.3 Å². The number of hydrogen-bond donors (Lipinski definition) is 1. The summed E-state index contributed by atoms with van der Waals surface area (Å²) in [5.74, 6) is 0.750. The number of anilines is 1. The Hall–Kier alpha value is -1.71. The van der Waals surface area contributed by atoms with Gasteiger partial charge in [0.05, 0.1) is 21.1 Å². The van der Waals surface area contributed by atoms with E-state index in [0.29, 0.717) is 15.7 Å². The number of fused-ring (bicyclic) bond motifs is 1. The second kappa shape index (κ2) is 4.44. The van der Waals surface area contributed by atoms with E-state index in [1.54, 1.807) is 12.1 Å². The van der Waals surface area contributed by atoms with Crippen LogP contribution in [0, 0.1) is 0 Å². The van der Waals surface area contributed by atoms with Gasteiger partial charge in [-0.2, -0.15) is 0 Å². The summed E-state index contributed by atoms with van der Waals surface area (Å²) in [5, 5.41) is 1.28. The van der Waals surface area contributed by atoms with Crippen molar-refractivity contribution in [2.75, 3.05) is 5.73 Å². The highest BCUT2D eigenvalue weighted by Gasteiger charge is 2.14. The minimum atomic E-state index is 0.615. The van der Waals surface area contributed by atoms with Gasteiger partial charge in [-0.3, -0.25) is 0 Å². The molecule has 0 spiro atoms. The van der Waals surface area contributed by atoms with E-state index in [2.05, 4.69) is 4.98 Å². The zero-order chi connectivity index (χ0) is 13.6. The molecule has 0 saturated carbocycles. The van der Waals surface area contributed by atoms with Crippen molar-refractivity contribution >= 4 is 39.9 Å². The maximum atomic E-state index is 6.23. The molecule has 0 unspecified atom stereocenters. The van der Waals surface area contributed by atoms with Gasteiger partial charge in [-0.05, 0) is 30.3 Å². The van der Waals surface area contributed by atoms with Crippen LogP contribution in [0.15, 0.2) is 36.4 Å². The molecular weight excluding hydrogens is 281 g/mol. The second-order valence-electron chi connectivity index (χ2n) is 4.34. The maximum absolute atomic E-state index is 6.23. The van der Waals surface area contributed by atoms with Crippen LogP contribution in [0.5, 0.6) is 0 Å². The van der Waals surface area contributed by atoms with E-state index in [1.165, 1.54) is 0 Å². The van der Waals surface area contributed by atoms with Crippen LogP contribution < -0.4 is 5.73 Å². The number of para-hydroxylation sites is 1. The number of halogens is 2. The van der Waals surface area contributed by atoms with Crippen molar-refractivity contribution in [3.8, 4) is 11.4 Å². The van der Waals surface area contributed by atoms with Crippen molar-refractivity contribution in [1.82, 2.24) is 9.55 Å². The fourth-order valence-corrected chi connectivity index (χ4v) is 2.67. The Labute approximate surface area is 120 Å². The Kier molecular flexibility index (Phi) is 2.88. The Morgan fingerprint density at radius 3 is 2.63 bits per heavy atom. The molecule has 5 heteroatoms. The Morgan fingerprint density at radius 1 is 1.11 bits per heavy atom. The van der Waals surface area contributed by atoms with Gasteiger partial charge in [0, 0.05) is 18.3 Å². The first-order chi connectivity index (χ1) is 9.08. The highest BCUT2D eigenvalue weighted by atomic mass is 35.5. The van der Waals surface area contributed by atoms with E-state index in [4.69, 9.17) is 28.9 Å². The normalized spacial score (nSPS) is 11.1. The molecule has 0 atom stereocenters. The lowest BCUT2D eigenvalue weighted by Gasteiger charge is -2.06. The molecule has 3 aromatic rings. The third-order valence-electron chi connectivity index (χ3n) is 3.08. The predicted molar refractivity (Wildman–Crippen MR) is 80.6 cm³/mol. The highest BCUT2D eigenvalue weighted by Crippen LogP contribution is 2.33. The molecule has 96 valence electrons. The highest BCUT2D eigenvalue weighted by molar-refractivity contribution is 6.35. The van der Waals surface area contributed by atoms with Crippen molar-refractivity contribution in [3.63, 3.8) is 0 Å². The van der Waals surface area contributed by atoms with Crippen LogP contribution >= 0.6 is 23.2 Å². The number of nitrogen functional groups attached to an aromatic ring is 1. The van der Waals surface area contributed by atoms with Crippen LogP contribution in [0.4, 0.5) is 5.69 Å². The first kappa shape index (κ1) is 12.3. The van der Waals surface area contributed by atoms with Crippen molar-refractivity contribution in [1.29, 1.82) is 0 Å². The Bertz CT molecular complexity index is 778. The predicted octanol–water partition coefficient (Wildman–Crippen LogP) is 4.13. The van der Waals surface area contributed by atoms with Gasteiger partial charge in [0.25, 0.3) is 0 Å². The Morgan fingerprint density at radius 2 is 1.89 bits per heavy atom. The van der Waals surface area contributed by atoms with Gasteiger partial charge in [0.15, 0.2) is 0 Å². The van der Waals surface area contributed by atoms with Crippen LogP contribution in [-0.4, -0.2) is 9.55 Å². The van der Waals surface area contributed by atoms with Gasteiger partial charge in [0.1, 0.15) is 5.82 Å². The van der Waals surface area contributed by atoms with Gasteiger partial charge < -0.3 is 10.3 Å². The molecule has 0 bridgehead atoms. The summed E-state index contributed by atoms with van der Waals surface area (Å²) in [4.78, 5) is 4.58. The summed E-state index contributed by atoms with van der Waals surface area (Å²) in [7, 11) is 1.91. The summed E-state index contributed by atoms with van der Waals surface area (Å²) >= 11 is 12.4. The fourth-order valence-electron chi connectivity index (χ4n) is 2.18. The number of aryl methyl sites for hydroxylation is 1. The lowest BCUT2D eigenvalue weighted by atomic mass is 10.2. The summed E-state index contributed by atoms with van der Waals surface area (Å²) < 4.78 is 1.93. The maximum Gasteiger partial charge on any atom is 0.142 e. The fraction of sp³-hybridized carbons (Fsp3) is 0.0714. The molecule has 0 radical (unpaired) electrons. The SMILES string of the molecule is Cn1c(-c2cc(N)ccc2Cl)nc2cccc(Cl)c21. The zero-order valence-electron chi connectivity index (χ0n) is 10.2. The van der Waals surface area contributed by atoms with Crippen LogP contribution in [0.1, 0.15) is 0 Å². The van der Waals surface area contributed by atoms with Crippen LogP contribution in [0.25, 0.3) is 22.4 Å². The number of benzene rings is 2. The minimum Gasteiger partial charge on any atom is -0.399 e. The average Bonchev–Trinajstić information content (AvgIpc) is 2.71.